The van der Waals surface area contributed by atoms with Crippen molar-refractivity contribution in [1.29, 1.82) is 0 Å². The van der Waals surface area contributed by atoms with Crippen LogP contribution in [0.1, 0.15) is 43.5 Å². The van der Waals surface area contributed by atoms with E-state index in [4.69, 9.17) is 18.7 Å². The number of nitrogens with one attached hydrogen (secondary N) is 1. The number of carbonyl (C=O) groups excluding carboxylic acids is 1. The molecule has 9 nitrogen and oxygen atoms in total. The fourth-order valence-electron chi connectivity index (χ4n) is 3.53. The average Bonchev–Trinajstić information content (AvgIpc) is 3.48. The van der Waals surface area contributed by atoms with Gasteiger partial charge in [0.1, 0.15) is 12.2 Å². The van der Waals surface area contributed by atoms with E-state index < -0.39 is 5.97 Å². The molecule has 35 heavy (non-hydrogen) atoms. The number of anilines is 1. The summed E-state index contributed by atoms with van der Waals surface area (Å²) in [6.45, 7) is 4.42. The summed E-state index contributed by atoms with van der Waals surface area (Å²) in [7, 11) is 0. The highest BCUT2D eigenvalue weighted by atomic mass is 16.6. The van der Waals surface area contributed by atoms with Crippen LogP contribution in [0, 0.1) is 5.92 Å². The van der Waals surface area contributed by atoms with Crippen molar-refractivity contribution in [2.75, 3.05) is 11.9 Å². The van der Waals surface area contributed by atoms with E-state index in [1.807, 2.05) is 42.5 Å². The highest BCUT2D eigenvalue weighted by Gasteiger charge is 2.19. The number of ketones is 1. The lowest BCUT2D eigenvalue weighted by Crippen LogP contribution is -2.32. The summed E-state index contributed by atoms with van der Waals surface area (Å²) in [6.07, 6.45) is 0.577. The monoisotopic (exact) mass is 477 g/mol. The Morgan fingerprint density at radius 3 is 2.51 bits per heavy atom. The Labute approximate surface area is 202 Å². The second-order valence-corrected chi connectivity index (χ2v) is 8.58. The summed E-state index contributed by atoms with van der Waals surface area (Å²) in [5.41, 5.74) is 2.13. The first-order valence-corrected chi connectivity index (χ1v) is 11.5. The average molecular weight is 478 g/mol. The molecule has 0 bridgehead atoms. The summed E-state index contributed by atoms with van der Waals surface area (Å²) in [6, 6.07) is 16.5. The van der Waals surface area contributed by atoms with Crippen LogP contribution in [0.3, 0.4) is 0 Å². The van der Waals surface area contributed by atoms with E-state index in [1.54, 1.807) is 12.1 Å². The third-order valence-electron chi connectivity index (χ3n) is 5.59. The van der Waals surface area contributed by atoms with Crippen molar-refractivity contribution < 1.29 is 28.3 Å². The van der Waals surface area contributed by atoms with Crippen LogP contribution < -0.4 is 10.1 Å². The summed E-state index contributed by atoms with van der Waals surface area (Å²) in [5.74, 6) is -0.0209. The number of carbonyl (C=O) groups is 2. The number of hydrogen-bond donors (Lipinski definition) is 2. The summed E-state index contributed by atoms with van der Waals surface area (Å²) in [4.78, 5) is 22.8. The largest absolute Gasteiger partial charge is 0.481 e. The predicted molar refractivity (Wildman–Crippen MR) is 130 cm³/mol. The zero-order valence-corrected chi connectivity index (χ0v) is 19.6. The van der Waals surface area contributed by atoms with E-state index in [1.165, 1.54) is 0 Å². The number of hydrogen-bond acceptors (Lipinski definition) is 8. The maximum absolute atomic E-state index is 12.2. The highest BCUT2D eigenvalue weighted by molar-refractivity contribution is 5.96. The van der Waals surface area contributed by atoms with Crippen LogP contribution in [0.25, 0.3) is 22.6 Å². The molecule has 2 heterocycles. The Morgan fingerprint density at radius 2 is 1.80 bits per heavy atom. The number of aliphatic carboxylic acids is 1. The molecule has 0 spiro atoms. The summed E-state index contributed by atoms with van der Waals surface area (Å²) < 4.78 is 17.1. The lowest BCUT2D eigenvalue weighted by molar-refractivity contribution is -0.137. The quantitative estimate of drug-likeness (QED) is 0.256. The van der Waals surface area contributed by atoms with Crippen molar-refractivity contribution in [1.82, 2.24) is 10.2 Å². The molecule has 0 aliphatic heterocycles. The Balaban J connectivity index is 1.33. The van der Waals surface area contributed by atoms with Gasteiger partial charge in [-0.05, 0) is 48.7 Å². The van der Waals surface area contributed by atoms with Gasteiger partial charge >= 0.3 is 12.0 Å². The zero-order valence-electron chi connectivity index (χ0n) is 19.6. The Morgan fingerprint density at radius 1 is 1.03 bits per heavy atom. The van der Waals surface area contributed by atoms with E-state index in [9.17, 15) is 9.59 Å². The minimum atomic E-state index is -0.898. The molecule has 0 amide bonds. The van der Waals surface area contributed by atoms with Crippen LogP contribution in [-0.2, 0) is 4.79 Å². The van der Waals surface area contributed by atoms with Crippen LogP contribution in [0.15, 0.2) is 63.4 Å². The van der Waals surface area contributed by atoms with Crippen molar-refractivity contribution >= 4 is 28.4 Å². The molecule has 0 aliphatic rings. The molecule has 2 N–H and O–H groups in total. The first-order chi connectivity index (χ1) is 16.9. The maximum atomic E-state index is 12.2. The molecule has 0 fully saturated rings. The van der Waals surface area contributed by atoms with Crippen LogP contribution in [0.2, 0.25) is 0 Å². The number of carboxylic acids is 1. The van der Waals surface area contributed by atoms with Gasteiger partial charge in [0.15, 0.2) is 11.5 Å². The molecule has 0 unspecified atom stereocenters. The van der Waals surface area contributed by atoms with E-state index in [0.29, 0.717) is 17.7 Å². The SMILES string of the molecule is CC(C)[C@@H](COc1nnc(-c2cc3ccccc3o2)o1)Nc1ccc(C(=O)CCCC(=O)O)cc1. The minimum Gasteiger partial charge on any atom is -0.481 e. The number of rotatable bonds is 12. The van der Waals surface area contributed by atoms with Crippen molar-refractivity contribution in [3.8, 4) is 17.7 Å². The number of furan rings is 1. The molecule has 0 saturated heterocycles. The maximum Gasteiger partial charge on any atom is 0.415 e. The first-order valence-electron chi connectivity index (χ1n) is 11.5. The number of nitrogens with zero attached hydrogens (tertiary/aromatic N) is 2. The standard InChI is InChI=1S/C26H27N3O6/c1-16(2)20(27-19-12-10-17(11-13-19)21(30)7-5-9-24(31)32)15-33-26-29-28-25(35-26)23-14-18-6-3-4-8-22(18)34-23/h3-4,6,8,10-14,16,20,27H,5,7,9,15H2,1-2H3,(H,31,32)/t20-/m1/s1. The van der Waals surface area contributed by atoms with Gasteiger partial charge in [0, 0.05) is 29.5 Å². The van der Waals surface area contributed by atoms with Crippen LogP contribution >= 0.6 is 0 Å². The molecule has 0 saturated carbocycles. The zero-order chi connectivity index (χ0) is 24.8. The number of benzene rings is 2. The third kappa shape index (κ3) is 6.26. The van der Waals surface area contributed by atoms with Crippen LogP contribution in [0.5, 0.6) is 6.08 Å². The molecule has 2 aromatic carbocycles. The molecule has 182 valence electrons. The third-order valence-corrected chi connectivity index (χ3v) is 5.59. The second kappa shape index (κ2) is 10.9. The minimum absolute atomic E-state index is 0.0126. The van der Waals surface area contributed by atoms with E-state index in [-0.39, 0.29) is 49.2 Å². The van der Waals surface area contributed by atoms with E-state index >= 15 is 0 Å². The van der Waals surface area contributed by atoms with Gasteiger partial charge in [-0.15, -0.1) is 5.10 Å². The fourth-order valence-corrected chi connectivity index (χ4v) is 3.53. The smallest absolute Gasteiger partial charge is 0.415 e. The molecule has 4 rings (SSSR count). The Hall–Kier alpha value is -4.14. The van der Waals surface area contributed by atoms with Gasteiger partial charge in [-0.2, -0.15) is 0 Å². The van der Waals surface area contributed by atoms with Crippen molar-refractivity contribution in [2.24, 2.45) is 5.92 Å². The predicted octanol–water partition coefficient (Wildman–Crippen LogP) is 5.44. The summed E-state index contributed by atoms with van der Waals surface area (Å²) >= 11 is 0. The number of ether oxygens (including phenoxy) is 1. The van der Waals surface area contributed by atoms with Gasteiger partial charge in [0.2, 0.25) is 0 Å². The Bertz CT molecular complexity index is 1260. The van der Waals surface area contributed by atoms with Crippen LogP contribution in [0.4, 0.5) is 5.69 Å². The molecular formula is C26H27N3O6. The molecule has 9 heteroatoms. The fraction of sp³-hybridized carbons (Fsp3) is 0.308. The number of carboxylic acid groups (broad SMARTS) is 1. The van der Waals surface area contributed by atoms with E-state index in [2.05, 4.69) is 29.4 Å². The molecule has 0 radical (unpaired) electrons. The normalized spacial score (nSPS) is 12.1. The van der Waals surface area contributed by atoms with Crippen molar-refractivity contribution in [2.45, 2.75) is 39.2 Å². The van der Waals surface area contributed by atoms with Crippen molar-refractivity contribution in [3.05, 3.63) is 60.2 Å². The number of fused-ring (bicyclic) bond motifs is 1. The number of aromatic nitrogens is 2. The molecule has 1 atom stereocenters. The topological polar surface area (TPSA) is 128 Å². The molecule has 0 aliphatic carbocycles. The lowest BCUT2D eigenvalue weighted by Gasteiger charge is -2.22. The van der Waals surface area contributed by atoms with Crippen molar-refractivity contribution in [3.63, 3.8) is 0 Å². The lowest BCUT2D eigenvalue weighted by atomic mass is 10.0. The van der Waals surface area contributed by atoms with E-state index in [0.717, 1.165) is 16.7 Å². The van der Waals surface area contributed by atoms with Gasteiger partial charge in [-0.25, -0.2) is 0 Å². The van der Waals surface area contributed by atoms with Gasteiger partial charge in [-0.3, -0.25) is 9.59 Å². The summed E-state index contributed by atoms with van der Waals surface area (Å²) in [5, 5.41) is 21.1. The first kappa shape index (κ1) is 24.0. The van der Waals surface area contributed by atoms with Gasteiger partial charge in [0.25, 0.3) is 5.89 Å². The van der Waals surface area contributed by atoms with Gasteiger partial charge in [0.05, 0.1) is 6.04 Å². The second-order valence-electron chi connectivity index (χ2n) is 8.58. The molecule has 4 aromatic rings. The molecular weight excluding hydrogens is 450 g/mol. The number of Topliss-reactive ketones (excluding diaryl/α,β-unsaturated/α-hetero) is 1. The highest BCUT2D eigenvalue weighted by Crippen LogP contribution is 2.28. The van der Waals surface area contributed by atoms with Crippen LogP contribution in [-0.4, -0.2) is 39.7 Å². The molecule has 2 aromatic heterocycles. The number of para-hydroxylation sites is 1. The van der Waals surface area contributed by atoms with Gasteiger partial charge in [-0.1, -0.05) is 37.1 Å². The Kier molecular flexibility index (Phi) is 7.45. The van der Waals surface area contributed by atoms with Gasteiger partial charge < -0.3 is 24.0 Å².